The normalized spacial score (nSPS) is 19.1. The molecule has 2 aliphatic heterocycles. The molecular weight excluding hydrogens is 375 g/mol. The third-order valence-electron chi connectivity index (χ3n) is 4.05. The number of nitrogens with two attached hydrogens (primary N) is 1. The molecule has 0 aliphatic carbocycles. The molecule has 9 nitrogen and oxygen atoms in total. The van der Waals surface area contributed by atoms with Gasteiger partial charge >= 0.3 is 12.1 Å². The highest BCUT2D eigenvalue weighted by molar-refractivity contribution is 6.01. The number of amides is 2. The Morgan fingerprint density at radius 3 is 2.22 bits per heavy atom. The van der Waals surface area contributed by atoms with E-state index in [1.54, 1.807) is 0 Å². The molecule has 2 heterocycles. The van der Waals surface area contributed by atoms with Crippen LogP contribution in [0.15, 0.2) is 0 Å². The van der Waals surface area contributed by atoms with Gasteiger partial charge in [-0.25, -0.2) is 4.79 Å². The van der Waals surface area contributed by atoms with Crippen LogP contribution in [0.4, 0.5) is 13.2 Å². The van der Waals surface area contributed by atoms with Crippen LogP contribution in [-0.4, -0.2) is 86.6 Å². The summed E-state index contributed by atoms with van der Waals surface area (Å²) in [5.41, 5.74) is 4.96. The van der Waals surface area contributed by atoms with Crippen molar-refractivity contribution >= 4 is 17.8 Å². The number of rotatable bonds is 8. The van der Waals surface area contributed by atoms with Crippen molar-refractivity contribution in [3.63, 3.8) is 0 Å². The van der Waals surface area contributed by atoms with Crippen molar-refractivity contribution in [1.29, 1.82) is 0 Å². The van der Waals surface area contributed by atoms with Gasteiger partial charge in [-0.05, 0) is 6.42 Å². The van der Waals surface area contributed by atoms with E-state index in [-0.39, 0.29) is 17.2 Å². The molecule has 2 fully saturated rings. The first-order valence-corrected chi connectivity index (χ1v) is 8.33. The molecule has 0 atom stereocenters. The average Bonchev–Trinajstić information content (AvgIpc) is 2.54. The Morgan fingerprint density at radius 1 is 1.19 bits per heavy atom. The highest BCUT2D eigenvalue weighted by Crippen LogP contribution is 2.37. The molecule has 156 valence electrons. The van der Waals surface area contributed by atoms with Crippen molar-refractivity contribution in [2.24, 2.45) is 11.1 Å². The predicted octanol–water partition coefficient (Wildman–Crippen LogP) is -0.650. The third-order valence-corrected chi connectivity index (χ3v) is 4.05. The van der Waals surface area contributed by atoms with Crippen molar-refractivity contribution in [3.05, 3.63) is 0 Å². The largest absolute Gasteiger partial charge is 0.490 e. The van der Waals surface area contributed by atoms with Gasteiger partial charge in [0, 0.05) is 32.6 Å². The first kappa shape index (κ1) is 23.3. The molecular formula is C15H24F3N3O6. The maximum Gasteiger partial charge on any atom is 0.490 e. The molecule has 27 heavy (non-hydrogen) atoms. The molecule has 0 aromatic carbocycles. The monoisotopic (exact) mass is 399 g/mol. The van der Waals surface area contributed by atoms with Crippen LogP contribution in [0, 0.1) is 5.41 Å². The summed E-state index contributed by atoms with van der Waals surface area (Å²) >= 11 is 0. The lowest BCUT2D eigenvalue weighted by Gasteiger charge is -2.50. The van der Waals surface area contributed by atoms with E-state index in [0.29, 0.717) is 45.8 Å². The number of piperidine rings is 1. The second-order valence-electron chi connectivity index (χ2n) is 6.18. The summed E-state index contributed by atoms with van der Waals surface area (Å²) in [6.45, 7) is 5.09. The van der Waals surface area contributed by atoms with E-state index >= 15 is 0 Å². The predicted molar refractivity (Wildman–Crippen MR) is 85.6 cm³/mol. The SMILES string of the molecule is NCCOCCOCCN1CC2(CCC(=O)NC2=O)C1.O=C(O)C(F)(F)F. The fourth-order valence-electron chi connectivity index (χ4n) is 2.66. The second kappa shape index (κ2) is 10.5. The highest BCUT2D eigenvalue weighted by Gasteiger charge is 2.51. The minimum atomic E-state index is -5.08. The minimum absolute atomic E-state index is 0.110. The zero-order chi connectivity index (χ0) is 20.5. The van der Waals surface area contributed by atoms with Crippen LogP contribution in [0.2, 0.25) is 0 Å². The fourth-order valence-corrected chi connectivity index (χ4v) is 2.66. The van der Waals surface area contributed by atoms with Gasteiger partial charge in [-0.2, -0.15) is 13.2 Å². The van der Waals surface area contributed by atoms with E-state index in [2.05, 4.69) is 10.2 Å². The number of hydrogen-bond donors (Lipinski definition) is 3. The van der Waals surface area contributed by atoms with Crippen LogP contribution >= 0.6 is 0 Å². The van der Waals surface area contributed by atoms with E-state index in [1.165, 1.54) is 0 Å². The van der Waals surface area contributed by atoms with E-state index in [9.17, 15) is 22.8 Å². The summed E-state index contributed by atoms with van der Waals surface area (Å²) in [7, 11) is 0. The maximum atomic E-state index is 11.8. The number of alkyl halides is 3. The van der Waals surface area contributed by atoms with Crippen molar-refractivity contribution in [1.82, 2.24) is 10.2 Å². The Hall–Kier alpha value is -1.76. The van der Waals surface area contributed by atoms with Crippen molar-refractivity contribution < 1.29 is 42.1 Å². The van der Waals surface area contributed by atoms with Crippen molar-refractivity contribution in [3.8, 4) is 0 Å². The van der Waals surface area contributed by atoms with Crippen LogP contribution in [0.5, 0.6) is 0 Å². The zero-order valence-electron chi connectivity index (χ0n) is 14.7. The molecule has 2 aliphatic rings. The van der Waals surface area contributed by atoms with E-state index in [4.69, 9.17) is 25.1 Å². The number of ether oxygens (including phenoxy) is 2. The number of carboxylic acids is 1. The fraction of sp³-hybridized carbons (Fsp3) is 0.800. The summed E-state index contributed by atoms with van der Waals surface area (Å²) in [6.07, 6.45) is -3.96. The van der Waals surface area contributed by atoms with Gasteiger partial charge in [0.05, 0.1) is 31.8 Å². The summed E-state index contributed by atoms with van der Waals surface area (Å²) in [5.74, 6) is -3.02. The molecule has 0 bridgehead atoms. The summed E-state index contributed by atoms with van der Waals surface area (Å²) in [6, 6.07) is 0. The molecule has 2 amide bonds. The van der Waals surface area contributed by atoms with Crippen LogP contribution < -0.4 is 11.1 Å². The lowest BCUT2D eigenvalue weighted by Crippen LogP contribution is -2.66. The molecule has 12 heteroatoms. The molecule has 0 unspecified atom stereocenters. The number of aliphatic carboxylic acids is 1. The lowest BCUT2D eigenvalue weighted by atomic mass is 9.73. The van der Waals surface area contributed by atoms with Crippen LogP contribution in [0.25, 0.3) is 0 Å². The first-order valence-electron chi connectivity index (χ1n) is 8.33. The molecule has 2 rings (SSSR count). The zero-order valence-corrected chi connectivity index (χ0v) is 14.7. The number of carboxylic acid groups (broad SMARTS) is 1. The second-order valence-corrected chi connectivity index (χ2v) is 6.18. The maximum absolute atomic E-state index is 11.8. The van der Waals surface area contributed by atoms with E-state index in [0.717, 1.165) is 19.6 Å². The quantitative estimate of drug-likeness (QED) is 0.363. The number of hydrogen-bond acceptors (Lipinski definition) is 7. The Labute approximate surface area is 153 Å². The number of halogens is 3. The molecule has 0 saturated carbocycles. The summed E-state index contributed by atoms with van der Waals surface area (Å²) < 4.78 is 42.4. The van der Waals surface area contributed by atoms with Crippen LogP contribution in [-0.2, 0) is 23.9 Å². The van der Waals surface area contributed by atoms with Gasteiger partial charge in [0.15, 0.2) is 0 Å². The van der Waals surface area contributed by atoms with Gasteiger partial charge in [-0.3, -0.25) is 19.8 Å². The topological polar surface area (TPSA) is 131 Å². The lowest BCUT2D eigenvalue weighted by molar-refractivity contribution is -0.192. The highest BCUT2D eigenvalue weighted by atomic mass is 19.4. The third kappa shape index (κ3) is 7.79. The molecule has 2 saturated heterocycles. The summed E-state index contributed by atoms with van der Waals surface area (Å²) in [4.78, 5) is 34.0. The standard InChI is InChI=1S/C13H23N3O4.C2HF3O2/c14-3-5-19-7-8-20-6-4-16-9-13(10-16)2-1-11(17)15-12(13)18;3-2(4,5)1(6)7/h1-10,14H2,(H,15,17,18);(H,6,7). The first-order chi connectivity index (χ1) is 12.6. The number of carbonyl (C=O) groups is 3. The molecule has 0 aromatic rings. The number of nitrogens with zero attached hydrogens (tertiary/aromatic N) is 1. The van der Waals surface area contributed by atoms with Crippen molar-refractivity contribution in [2.75, 3.05) is 52.6 Å². The molecule has 0 aromatic heterocycles. The molecule has 4 N–H and O–H groups in total. The number of carbonyl (C=O) groups excluding carboxylic acids is 2. The van der Waals surface area contributed by atoms with Crippen LogP contribution in [0.3, 0.4) is 0 Å². The number of likely N-dealkylation sites (tertiary alicyclic amines) is 1. The van der Waals surface area contributed by atoms with Crippen LogP contribution in [0.1, 0.15) is 12.8 Å². The number of nitrogens with one attached hydrogen (secondary N) is 1. The van der Waals surface area contributed by atoms with Gasteiger partial charge in [-0.15, -0.1) is 0 Å². The Morgan fingerprint density at radius 2 is 1.74 bits per heavy atom. The van der Waals surface area contributed by atoms with E-state index in [1.807, 2.05) is 0 Å². The average molecular weight is 399 g/mol. The van der Waals surface area contributed by atoms with Gasteiger partial charge in [-0.1, -0.05) is 0 Å². The minimum Gasteiger partial charge on any atom is -0.475 e. The molecule has 0 radical (unpaired) electrons. The van der Waals surface area contributed by atoms with Gasteiger partial charge in [0.2, 0.25) is 11.8 Å². The summed E-state index contributed by atoms with van der Waals surface area (Å²) in [5, 5.41) is 9.55. The van der Waals surface area contributed by atoms with Crippen molar-refractivity contribution in [2.45, 2.75) is 19.0 Å². The van der Waals surface area contributed by atoms with Gasteiger partial charge in [0.1, 0.15) is 0 Å². The number of imide groups is 1. The van der Waals surface area contributed by atoms with Gasteiger partial charge < -0.3 is 20.3 Å². The Kier molecular flexibility index (Phi) is 9.09. The Balaban J connectivity index is 0.000000445. The molecule has 1 spiro atoms. The smallest absolute Gasteiger partial charge is 0.475 e. The van der Waals surface area contributed by atoms with E-state index < -0.39 is 12.1 Å². The van der Waals surface area contributed by atoms with Gasteiger partial charge in [0.25, 0.3) is 0 Å². The Bertz CT molecular complexity index is 523.